The number of alkyl halides is 3. The summed E-state index contributed by atoms with van der Waals surface area (Å²) in [5, 5.41) is -0.190. The second-order valence-corrected chi connectivity index (χ2v) is 8.29. The zero-order valence-electron chi connectivity index (χ0n) is 14.9. The molecule has 0 aliphatic heterocycles. The number of fused-ring (bicyclic) bond motifs is 1. The molecule has 0 saturated heterocycles. The Morgan fingerprint density at radius 1 is 0.759 bits per heavy atom. The summed E-state index contributed by atoms with van der Waals surface area (Å²) in [5.41, 5.74) is -0.395. The molecule has 1 heterocycles. The summed E-state index contributed by atoms with van der Waals surface area (Å²) < 4.78 is 67.0. The molecule has 0 fully saturated rings. The predicted octanol–water partition coefficient (Wildman–Crippen LogP) is 5.75. The predicted molar refractivity (Wildman–Crippen MR) is 104 cm³/mol. The number of rotatable bonds is 3. The van der Waals surface area contributed by atoms with Gasteiger partial charge in [0.2, 0.25) is 9.84 Å². The Bertz CT molecular complexity index is 1290. The second kappa shape index (κ2) is 7.00. The summed E-state index contributed by atoms with van der Waals surface area (Å²) in [7, 11) is -4.10. The lowest BCUT2D eigenvalue weighted by Gasteiger charge is -2.15. The molecule has 0 bridgehead atoms. The smallest absolute Gasteiger partial charge is 0.235 e. The van der Waals surface area contributed by atoms with Crippen LogP contribution in [0.2, 0.25) is 0 Å². The minimum absolute atomic E-state index is 0.0321. The highest BCUT2D eigenvalue weighted by Crippen LogP contribution is 2.38. The Labute approximate surface area is 165 Å². The van der Waals surface area contributed by atoms with Crippen LogP contribution >= 0.6 is 0 Å². The fourth-order valence-corrected chi connectivity index (χ4v) is 4.41. The van der Waals surface area contributed by atoms with E-state index in [-0.39, 0.29) is 10.3 Å². The van der Waals surface area contributed by atoms with Gasteiger partial charge < -0.3 is 0 Å². The maximum atomic E-state index is 13.6. The van der Waals surface area contributed by atoms with E-state index in [4.69, 9.17) is 0 Å². The number of aromatic nitrogens is 1. The van der Waals surface area contributed by atoms with Crippen molar-refractivity contribution < 1.29 is 21.6 Å². The maximum absolute atomic E-state index is 13.6. The highest BCUT2D eigenvalue weighted by atomic mass is 32.2. The van der Waals surface area contributed by atoms with Crippen molar-refractivity contribution in [1.82, 2.24) is 4.98 Å². The van der Waals surface area contributed by atoms with Crippen LogP contribution in [0.1, 0.15) is 5.56 Å². The van der Waals surface area contributed by atoms with Crippen LogP contribution in [-0.4, -0.2) is 13.4 Å². The van der Waals surface area contributed by atoms with Gasteiger partial charge in [-0.25, -0.2) is 13.4 Å². The third-order valence-corrected chi connectivity index (χ3v) is 6.19. The molecule has 0 spiro atoms. The van der Waals surface area contributed by atoms with Crippen molar-refractivity contribution in [3.8, 4) is 11.1 Å². The van der Waals surface area contributed by atoms with Crippen molar-refractivity contribution in [2.24, 2.45) is 0 Å². The van der Waals surface area contributed by atoms with Crippen molar-refractivity contribution in [3.05, 3.63) is 90.5 Å². The van der Waals surface area contributed by atoms with Crippen LogP contribution in [0.25, 0.3) is 22.0 Å². The van der Waals surface area contributed by atoms with E-state index in [9.17, 15) is 21.6 Å². The van der Waals surface area contributed by atoms with Crippen LogP contribution in [0.5, 0.6) is 0 Å². The van der Waals surface area contributed by atoms with Gasteiger partial charge in [0.25, 0.3) is 0 Å². The molecule has 1 aromatic heterocycles. The molecule has 0 aliphatic carbocycles. The molecule has 4 aromatic rings. The first-order chi connectivity index (χ1) is 13.8. The average Bonchev–Trinajstić information content (AvgIpc) is 2.73. The summed E-state index contributed by atoms with van der Waals surface area (Å²) in [5.74, 6) is 0. The molecule has 0 atom stereocenters. The molecule has 29 heavy (non-hydrogen) atoms. The summed E-state index contributed by atoms with van der Waals surface area (Å²) >= 11 is 0. The molecule has 0 amide bonds. The van der Waals surface area contributed by atoms with Gasteiger partial charge >= 0.3 is 6.18 Å². The number of hydrogen-bond acceptors (Lipinski definition) is 3. The first-order valence-electron chi connectivity index (χ1n) is 8.65. The minimum atomic E-state index is -4.67. The van der Waals surface area contributed by atoms with E-state index >= 15 is 0 Å². The number of hydrogen-bond donors (Lipinski definition) is 0. The minimum Gasteiger partial charge on any atom is -0.235 e. The zero-order valence-corrected chi connectivity index (χ0v) is 15.7. The molecule has 0 saturated carbocycles. The molecule has 146 valence electrons. The highest BCUT2D eigenvalue weighted by Gasteiger charge is 2.34. The van der Waals surface area contributed by atoms with Crippen molar-refractivity contribution in [2.75, 3.05) is 0 Å². The second-order valence-electron chi connectivity index (χ2n) is 6.39. The number of sulfone groups is 1. The van der Waals surface area contributed by atoms with E-state index in [1.54, 1.807) is 48.5 Å². The zero-order chi connectivity index (χ0) is 20.6. The first kappa shape index (κ1) is 19.1. The monoisotopic (exact) mass is 413 g/mol. The van der Waals surface area contributed by atoms with E-state index in [1.807, 2.05) is 0 Å². The third kappa shape index (κ3) is 3.49. The van der Waals surface area contributed by atoms with E-state index < -0.39 is 32.1 Å². The van der Waals surface area contributed by atoms with Gasteiger partial charge in [-0.05, 0) is 35.4 Å². The van der Waals surface area contributed by atoms with Gasteiger partial charge in [0.05, 0.1) is 16.0 Å². The van der Waals surface area contributed by atoms with Crippen molar-refractivity contribution in [2.45, 2.75) is 16.1 Å². The maximum Gasteiger partial charge on any atom is 0.418 e. The molecule has 4 rings (SSSR count). The topological polar surface area (TPSA) is 47.0 Å². The lowest BCUT2D eigenvalue weighted by Crippen LogP contribution is -2.10. The molecule has 0 aliphatic rings. The Hall–Kier alpha value is -3.19. The number of nitrogens with zero attached hydrogens (tertiary/aromatic N) is 1. The molecule has 0 unspecified atom stereocenters. The Kier molecular flexibility index (Phi) is 4.62. The number of pyridine rings is 1. The van der Waals surface area contributed by atoms with Gasteiger partial charge in [-0.1, -0.05) is 60.7 Å². The Morgan fingerprint density at radius 3 is 2.00 bits per heavy atom. The lowest BCUT2D eigenvalue weighted by atomic mass is 9.99. The molecular weight excluding hydrogens is 399 g/mol. The van der Waals surface area contributed by atoms with E-state index in [1.165, 1.54) is 30.3 Å². The van der Waals surface area contributed by atoms with Crippen LogP contribution < -0.4 is 0 Å². The van der Waals surface area contributed by atoms with Crippen molar-refractivity contribution in [1.29, 1.82) is 0 Å². The third-order valence-electron chi connectivity index (χ3n) is 4.54. The average molecular weight is 413 g/mol. The first-order valence-corrected chi connectivity index (χ1v) is 10.1. The van der Waals surface area contributed by atoms with Gasteiger partial charge in [0.1, 0.15) is 0 Å². The molecule has 7 heteroatoms. The van der Waals surface area contributed by atoms with Crippen molar-refractivity contribution in [3.63, 3.8) is 0 Å². The highest BCUT2D eigenvalue weighted by molar-refractivity contribution is 7.91. The molecule has 0 N–H and O–H groups in total. The van der Waals surface area contributed by atoms with E-state index in [0.717, 1.165) is 6.07 Å². The number of para-hydroxylation sites is 1. The van der Waals surface area contributed by atoms with E-state index in [2.05, 4.69) is 4.98 Å². The van der Waals surface area contributed by atoms with Gasteiger partial charge in [-0.2, -0.15) is 13.2 Å². The SMILES string of the molecule is O=S(=O)(c1ccccc1)c1cc(-c2ccccc2)c2cccc(C(F)(F)F)c2n1. The van der Waals surface area contributed by atoms with Gasteiger partial charge in [0, 0.05) is 5.39 Å². The molecular formula is C22H14F3NO2S. The van der Waals surface area contributed by atoms with Gasteiger partial charge in [0.15, 0.2) is 5.03 Å². The van der Waals surface area contributed by atoms with E-state index in [0.29, 0.717) is 11.1 Å². The summed E-state index contributed by atoms with van der Waals surface area (Å²) in [4.78, 5) is 3.94. The Morgan fingerprint density at radius 2 is 1.38 bits per heavy atom. The fourth-order valence-electron chi connectivity index (χ4n) is 3.17. The number of benzene rings is 3. The normalized spacial score (nSPS) is 12.2. The standard InChI is InChI=1S/C22H14F3NO2S/c23-22(24,25)19-13-7-12-17-18(15-8-3-1-4-9-15)14-20(26-21(17)19)29(27,28)16-10-5-2-6-11-16/h1-14H. The molecule has 3 nitrogen and oxygen atoms in total. The van der Waals surface area contributed by atoms with Gasteiger partial charge in [-0.15, -0.1) is 0 Å². The van der Waals surface area contributed by atoms with Crippen molar-refractivity contribution >= 4 is 20.7 Å². The largest absolute Gasteiger partial charge is 0.418 e. The summed E-state index contributed by atoms with van der Waals surface area (Å²) in [6.45, 7) is 0. The van der Waals surface area contributed by atoms with Crippen LogP contribution in [0, 0.1) is 0 Å². The van der Waals surface area contributed by atoms with Crippen LogP contribution in [0.15, 0.2) is 94.9 Å². The number of halogens is 3. The summed E-state index contributed by atoms with van der Waals surface area (Å²) in [6.07, 6.45) is -4.67. The van der Waals surface area contributed by atoms with Crippen LogP contribution in [0.4, 0.5) is 13.2 Å². The quantitative estimate of drug-likeness (QED) is 0.429. The molecule has 0 radical (unpaired) electrons. The van der Waals surface area contributed by atoms with Gasteiger partial charge in [-0.3, -0.25) is 0 Å². The Balaban J connectivity index is 2.10. The fraction of sp³-hybridized carbons (Fsp3) is 0.0455. The van der Waals surface area contributed by atoms with Crippen LogP contribution in [0.3, 0.4) is 0 Å². The van der Waals surface area contributed by atoms with Crippen LogP contribution in [-0.2, 0) is 16.0 Å². The lowest BCUT2D eigenvalue weighted by molar-refractivity contribution is -0.136. The molecule has 3 aromatic carbocycles. The summed E-state index contributed by atoms with van der Waals surface area (Å²) in [6, 6.07) is 21.3.